The van der Waals surface area contributed by atoms with E-state index in [4.69, 9.17) is 0 Å². The van der Waals surface area contributed by atoms with Gasteiger partial charge in [-0.3, -0.25) is 15.4 Å². The number of nitrogens with one attached hydrogen (secondary N) is 3. The third-order valence-electron chi connectivity index (χ3n) is 2.61. The number of hydrogen-bond acceptors (Lipinski definition) is 4. The highest BCUT2D eigenvalue weighted by Gasteiger charge is 2.14. The number of imidazole rings is 1. The summed E-state index contributed by atoms with van der Waals surface area (Å²) in [5.74, 6) is 0. The van der Waals surface area contributed by atoms with E-state index in [1.54, 1.807) is 12.5 Å². The maximum atomic E-state index is 11.1. The molecular formula is C11H11N5O. The number of aromatic nitrogens is 2. The fraction of sp³-hybridized carbons (Fsp3) is 0.0909. The van der Waals surface area contributed by atoms with Crippen LogP contribution in [0.2, 0.25) is 0 Å². The number of rotatable bonds is 2. The van der Waals surface area contributed by atoms with E-state index in [0.717, 1.165) is 16.9 Å². The molecule has 6 nitrogen and oxygen atoms in total. The number of anilines is 1. The lowest BCUT2D eigenvalue weighted by Gasteiger charge is -2.19. The van der Waals surface area contributed by atoms with E-state index in [2.05, 4.69) is 20.4 Å². The molecule has 1 aromatic carbocycles. The molecule has 1 aliphatic rings. The minimum absolute atomic E-state index is 0.208. The van der Waals surface area contributed by atoms with Crippen molar-refractivity contribution in [2.24, 2.45) is 4.99 Å². The number of hydrogen-bond donors (Lipinski definition) is 3. The molecule has 2 heterocycles. The second kappa shape index (κ2) is 3.82. The van der Waals surface area contributed by atoms with Crippen LogP contribution in [0.4, 0.5) is 5.69 Å². The molecule has 3 rings (SSSR count). The van der Waals surface area contributed by atoms with Gasteiger partial charge in [0.15, 0.2) is 0 Å². The number of aromatic amines is 2. The summed E-state index contributed by atoms with van der Waals surface area (Å²) in [5, 5.41) is 1.90. The number of benzene rings is 1. The van der Waals surface area contributed by atoms with Gasteiger partial charge < -0.3 is 9.97 Å². The zero-order chi connectivity index (χ0) is 11.7. The SMILES string of the molecule is O=c1[nH]cc(-c2ccccc2N2CN=CN2)[nH]1. The van der Waals surface area contributed by atoms with Crippen molar-refractivity contribution < 1.29 is 0 Å². The molecule has 1 aromatic heterocycles. The average Bonchev–Trinajstić information content (AvgIpc) is 3.00. The first-order valence-corrected chi connectivity index (χ1v) is 5.24. The van der Waals surface area contributed by atoms with Gasteiger partial charge in [-0.25, -0.2) is 4.79 Å². The van der Waals surface area contributed by atoms with Crippen molar-refractivity contribution in [1.29, 1.82) is 0 Å². The van der Waals surface area contributed by atoms with Gasteiger partial charge in [0.05, 0.1) is 11.4 Å². The van der Waals surface area contributed by atoms with E-state index < -0.39 is 0 Å². The summed E-state index contributed by atoms with van der Waals surface area (Å²) in [4.78, 5) is 20.6. The molecule has 0 atom stereocenters. The molecule has 0 bridgehead atoms. The monoisotopic (exact) mass is 229 g/mol. The van der Waals surface area contributed by atoms with E-state index >= 15 is 0 Å². The highest BCUT2D eigenvalue weighted by atomic mass is 16.1. The molecule has 0 fully saturated rings. The normalized spacial score (nSPS) is 14.0. The quantitative estimate of drug-likeness (QED) is 0.708. The second-order valence-electron chi connectivity index (χ2n) is 3.68. The van der Waals surface area contributed by atoms with Gasteiger partial charge in [-0.1, -0.05) is 18.2 Å². The lowest BCUT2D eigenvalue weighted by atomic mass is 10.1. The summed E-state index contributed by atoms with van der Waals surface area (Å²) in [6.45, 7) is 0.561. The zero-order valence-corrected chi connectivity index (χ0v) is 8.97. The Balaban J connectivity index is 2.07. The lowest BCUT2D eigenvalue weighted by Crippen LogP contribution is -2.31. The predicted octanol–water partition coefficient (Wildman–Crippen LogP) is 0.680. The minimum Gasteiger partial charge on any atom is -0.312 e. The van der Waals surface area contributed by atoms with Crippen molar-refractivity contribution in [3.05, 3.63) is 40.9 Å². The number of para-hydroxylation sites is 1. The van der Waals surface area contributed by atoms with E-state index in [1.807, 2.05) is 29.3 Å². The smallest absolute Gasteiger partial charge is 0.312 e. The van der Waals surface area contributed by atoms with Gasteiger partial charge in [0.25, 0.3) is 0 Å². The Labute approximate surface area is 97.0 Å². The van der Waals surface area contributed by atoms with Crippen LogP contribution in [0.1, 0.15) is 0 Å². The van der Waals surface area contributed by atoms with Crippen molar-refractivity contribution in [2.45, 2.75) is 0 Å². The molecule has 1 aliphatic heterocycles. The first kappa shape index (κ1) is 9.71. The van der Waals surface area contributed by atoms with Gasteiger partial charge in [0, 0.05) is 11.8 Å². The summed E-state index contributed by atoms with van der Waals surface area (Å²) in [6.07, 6.45) is 3.31. The Bertz CT molecular complexity index is 604. The van der Waals surface area contributed by atoms with E-state index in [0.29, 0.717) is 6.67 Å². The maximum absolute atomic E-state index is 11.1. The summed E-state index contributed by atoms with van der Waals surface area (Å²) in [7, 11) is 0. The molecule has 86 valence electrons. The Morgan fingerprint density at radius 2 is 2.18 bits per heavy atom. The van der Waals surface area contributed by atoms with E-state index in [9.17, 15) is 4.79 Å². The van der Waals surface area contributed by atoms with Crippen LogP contribution in [0.5, 0.6) is 0 Å². The van der Waals surface area contributed by atoms with E-state index in [1.165, 1.54) is 0 Å². The molecule has 0 unspecified atom stereocenters. The molecule has 2 aromatic rings. The fourth-order valence-electron chi connectivity index (χ4n) is 1.83. The van der Waals surface area contributed by atoms with Gasteiger partial charge in [-0.2, -0.15) is 0 Å². The van der Waals surface area contributed by atoms with Crippen LogP contribution in [0.25, 0.3) is 11.3 Å². The lowest BCUT2D eigenvalue weighted by molar-refractivity contribution is 0.846. The topological polar surface area (TPSA) is 76.3 Å². The van der Waals surface area contributed by atoms with Crippen molar-refractivity contribution in [1.82, 2.24) is 15.4 Å². The van der Waals surface area contributed by atoms with Crippen LogP contribution < -0.4 is 16.1 Å². The van der Waals surface area contributed by atoms with Crippen LogP contribution in [-0.4, -0.2) is 23.0 Å². The predicted molar refractivity (Wildman–Crippen MR) is 65.8 cm³/mol. The number of hydrazine groups is 1. The summed E-state index contributed by atoms with van der Waals surface area (Å²) >= 11 is 0. The van der Waals surface area contributed by atoms with Gasteiger partial charge >= 0.3 is 5.69 Å². The van der Waals surface area contributed by atoms with E-state index in [-0.39, 0.29) is 5.69 Å². The van der Waals surface area contributed by atoms with Crippen LogP contribution in [0, 0.1) is 0 Å². The highest BCUT2D eigenvalue weighted by Crippen LogP contribution is 2.28. The van der Waals surface area contributed by atoms with Gasteiger partial charge in [-0.15, -0.1) is 0 Å². The first-order chi connectivity index (χ1) is 8.34. The number of H-pyrrole nitrogens is 2. The van der Waals surface area contributed by atoms with Gasteiger partial charge in [-0.05, 0) is 6.07 Å². The summed E-state index contributed by atoms with van der Waals surface area (Å²) < 4.78 is 0. The standard InChI is InChI=1S/C11H11N5O/c17-11-13-5-9(15-11)8-3-1-2-4-10(8)16-7-12-6-14-16/h1-6H,7H2,(H,12,14)(H2,13,15,17). The molecular weight excluding hydrogens is 218 g/mol. The average molecular weight is 229 g/mol. The second-order valence-corrected chi connectivity index (χ2v) is 3.68. The maximum Gasteiger partial charge on any atom is 0.323 e. The molecule has 17 heavy (non-hydrogen) atoms. The van der Waals surface area contributed by atoms with Gasteiger partial charge in [0.1, 0.15) is 13.0 Å². The van der Waals surface area contributed by atoms with Crippen molar-refractivity contribution in [3.8, 4) is 11.3 Å². The van der Waals surface area contributed by atoms with Crippen LogP contribution in [0.15, 0.2) is 40.2 Å². The van der Waals surface area contributed by atoms with Crippen LogP contribution in [0.3, 0.4) is 0 Å². The summed E-state index contributed by atoms with van der Waals surface area (Å²) in [5.41, 5.74) is 5.51. The molecule has 0 aliphatic carbocycles. The number of nitrogens with zero attached hydrogens (tertiary/aromatic N) is 2. The first-order valence-electron chi connectivity index (χ1n) is 5.24. The fourth-order valence-corrected chi connectivity index (χ4v) is 1.83. The minimum atomic E-state index is -0.208. The summed E-state index contributed by atoms with van der Waals surface area (Å²) in [6, 6.07) is 7.81. The Kier molecular flexibility index (Phi) is 2.18. The Morgan fingerprint density at radius 1 is 1.29 bits per heavy atom. The molecule has 0 saturated heterocycles. The van der Waals surface area contributed by atoms with Gasteiger partial charge in [0.2, 0.25) is 0 Å². The third-order valence-corrected chi connectivity index (χ3v) is 2.61. The van der Waals surface area contributed by atoms with Crippen LogP contribution >= 0.6 is 0 Å². The van der Waals surface area contributed by atoms with Crippen molar-refractivity contribution >= 4 is 12.0 Å². The molecule has 0 spiro atoms. The molecule has 3 N–H and O–H groups in total. The largest absolute Gasteiger partial charge is 0.323 e. The molecule has 0 saturated carbocycles. The highest BCUT2D eigenvalue weighted by molar-refractivity contribution is 5.78. The third kappa shape index (κ3) is 1.69. The molecule has 0 radical (unpaired) electrons. The Morgan fingerprint density at radius 3 is 2.88 bits per heavy atom. The van der Waals surface area contributed by atoms with Crippen LogP contribution in [-0.2, 0) is 0 Å². The molecule has 0 amide bonds. The van der Waals surface area contributed by atoms with Crippen molar-refractivity contribution in [2.75, 3.05) is 11.7 Å². The zero-order valence-electron chi connectivity index (χ0n) is 8.97. The Hall–Kier alpha value is -2.50. The number of aliphatic imine (C=N–C) groups is 1. The molecule has 6 heteroatoms. The van der Waals surface area contributed by atoms with Crippen molar-refractivity contribution in [3.63, 3.8) is 0 Å².